The predicted octanol–water partition coefficient (Wildman–Crippen LogP) is 3.16. The smallest absolute Gasteiger partial charge is 0.338 e. The van der Waals surface area contributed by atoms with E-state index in [4.69, 9.17) is 14.3 Å². The Morgan fingerprint density at radius 2 is 1.53 bits per heavy atom. The fraction of sp³-hybridized carbons (Fsp3) is 0.174. The maximum Gasteiger partial charge on any atom is 0.338 e. The van der Waals surface area contributed by atoms with Crippen molar-refractivity contribution in [2.45, 2.75) is 12.5 Å². The molecule has 7 nitrogen and oxygen atoms in total. The van der Waals surface area contributed by atoms with Gasteiger partial charge in [0.15, 0.2) is 6.10 Å². The fourth-order valence-electron chi connectivity index (χ4n) is 3.43. The molecule has 0 saturated heterocycles. The second kappa shape index (κ2) is 7.96. The number of benzene rings is 3. The zero-order chi connectivity index (χ0) is 21.3. The summed E-state index contributed by atoms with van der Waals surface area (Å²) in [5.41, 5.74) is 1.27. The minimum absolute atomic E-state index is 0.127. The van der Waals surface area contributed by atoms with E-state index in [-0.39, 0.29) is 17.5 Å². The Morgan fingerprint density at radius 3 is 2.17 bits per heavy atom. The number of amides is 2. The van der Waals surface area contributed by atoms with Crippen LogP contribution in [0.3, 0.4) is 0 Å². The highest BCUT2D eigenvalue weighted by molar-refractivity contribution is 6.20. The molecule has 0 N–H and O–H groups in total. The molecule has 3 aromatic rings. The van der Waals surface area contributed by atoms with Crippen molar-refractivity contribution in [2.24, 2.45) is 0 Å². The normalized spacial score (nSPS) is 14.0. The molecule has 7 heteroatoms. The van der Waals surface area contributed by atoms with Crippen LogP contribution in [-0.4, -0.2) is 43.2 Å². The third kappa shape index (κ3) is 3.51. The molecule has 0 bridgehead atoms. The van der Waals surface area contributed by atoms with E-state index in [1.54, 1.807) is 31.4 Å². The summed E-state index contributed by atoms with van der Waals surface area (Å²) in [4.78, 5) is 43.0. The van der Waals surface area contributed by atoms with Gasteiger partial charge in [-0.1, -0.05) is 36.4 Å². The molecular weight excluding hydrogens is 386 g/mol. The van der Waals surface area contributed by atoms with Crippen LogP contribution in [0.15, 0.2) is 60.7 Å². The van der Waals surface area contributed by atoms with Crippen LogP contribution in [0.25, 0.3) is 10.8 Å². The third-order valence-electron chi connectivity index (χ3n) is 4.99. The lowest BCUT2D eigenvalue weighted by molar-refractivity contribution is -0.177. The van der Waals surface area contributed by atoms with Crippen LogP contribution in [0.2, 0.25) is 0 Å². The van der Waals surface area contributed by atoms with Crippen LogP contribution < -0.4 is 4.74 Å². The summed E-state index contributed by atoms with van der Waals surface area (Å²) < 4.78 is 10.1. The molecule has 3 aromatic carbocycles. The van der Waals surface area contributed by atoms with Crippen molar-refractivity contribution < 1.29 is 28.7 Å². The molecule has 0 spiro atoms. The summed E-state index contributed by atoms with van der Waals surface area (Å²) in [5.74, 6) is -1.14. The SMILES string of the molecule is COC(=O)C(Cc1ccc2cc(OC)ccc2c1)ON1C(=O)c2ccccc2C1=O. The molecular formula is C23H19NO6. The molecule has 1 aliphatic rings. The minimum atomic E-state index is -1.16. The lowest BCUT2D eigenvalue weighted by Gasteiger charge is -2.21. The summed E-state index contributed by atoms with van der Waals surface area (Å²) in [5, 5.41) is 2.57. The Morgan fingerprint density at radius 1 is 0.900 bits per heavy atom. The van der Waals surface area contributed by atoms with Crippen LogP contribution in [0, 0.1) is 0 Å². The van der Waals surface area contributed by atoms with Crippen LogP contribution >= 0.6 is 0 Å². The molecule has 0 aliphatic carbocycles. The van der Waals surface area contributed by atoms with Crippen molar-refractivity contribution in [3.8, 4) is 5.75 Å². The first-order chi connectivity index (χ1) is 14.5. The maximum absolute atomic E-state index is 12.6. The number of imide groups is 1. The molecule has 0 saturated carbocycles. The number of carbonyl (C=O) groups is 3. The molecule has 0 aromatic heterocycles. The number of fused-ring (bicyclic) bond motifs is 2. The highest BCUT2D eigenvalue weighted by atomic mass is 16.7. The molecule has 1 heterocycles. The van der Waals surface area contributed by atoms with Crippen molar-refractivity contribution in [1.29, 1.82) is 0 Å². The van der Waals surface area contributed by atoms with Gasteiger partial charge in [-0.15, -0.1) is 5.06 Å². The van der Waals surface area contributed by atoms with Gasteiger partial charge >= 0.3 is 5.97 Å². The van der Waals surface area contributed by atoms with E-state index in [0.29, 0.717) is 5.06 Å². The molecule has 30 heavy (non-hydrogen) atoms. The first-order valence-electron chi connectivity index (χ1n) is 9.31. The molecule has 1 atom stereocenters. The van der Waals surface area contributed by atoms with Crippen molar-refractivity contribution in [3.63, 3.8) is 0 Å². The third-order valence-corrected chi connectivity index (χ3v) is 4.99. The molecule has 1 unspecified atom stereocenters. The van der Waals surface area contributed by atoms with E-state index in [1.165, 1.54) is 7.11 Å². The standard InChI is InChI=1S/C23H19NO6/c1-28-17-10-9-15-11-14(7-8-16(15)13-17)12-20(23(27)29-2)30-24-21(25)18-5-3-4-6-19(18)22(24)26/h3-11,13,20H,12H2,1-2H3. The van der Waals surface area contributed by atoms with E-state index < -0.39 is 23.9 Å². The van der Waals surface area contributed by atoms with Gasteiger partial charge in [-0.3, -0.25) is 9.59 Å². The van der Waals surface area contributed by atoms with E-state index in [2.05, 4.69) is 0 Å². The van der Waals surface area contributed by atoms with Gasteiger partial charge in [-0.05, 0) is 40.6 Å². The second-order valence-corrected chi connectivity index (χ2v) is 6.82. The van der Waals surface area contributed by atoms with Gasteiger partial charge in [-0.2, -0.15) is 0 Å². The summed E-state index contributed by atoms with van der Waals surface area (Å²) in [6, 6.07) is 17.8. The molecule has 4 rings (SSSR count). The Bertz CT molecular complexity index is 1120. The van der Waals surface area contributed by atoms with Gasteiger partial charge in [0.25, 0.3) is 11.8 Å². The lowest BCUT2D eigenvalue weighted by Crippen LogP contribution is -2.39. The highest BCUT2D eigenvalue weighted by Crippen LogP contribution is 2.26. The highest BCUT2D eigenvalue weighted by Gasteiger charge is 2.39. The number of hydrogen-bond donors (Lipinski definition) is 0. The van der Waals surface area contributed by atoms with Gasteiger partial charge in [0, 0.05) is 6.42 Å². The zero-order valence-corrected chi connectivity index (χ0v) is 16.5. The van der Waals surface area contributed by atoms with E-state index in [0.717, 1.165) is 22.1 Å². The number of esters is 1. The minimum Gasteiger partial charge on any atom is -0.497 e. The van der Waals surface area contributed by atoms with Gasteiger partial charge < -0.3 is 9.47 Å². The Balaban J connectivity index is 1.58. The summed E-state index contributed by atoms with van der Waals surface area (Å²) in [6.45, 7) is 0. The van der Waals surface area contributed by atoms with E-state index >= 15 is 0 Å². The van der Waals surface area contributed by atoms with Crippen LogP contribution in [-0.2, 0) is 20.8 Å². The van der Waals surface area contributed by atoms with E-state index in [1.807, 2.05) is 36.4 Å². The first kappa shape index (κ1) is 19.6. The predicted molar refractivity (Wildman–Crippen MR) is 108 cm³/mol. The van der Waals surface area contributed by atoms with Gasteiger partial charge in [0.2, 0.25) is 0 Å². The molecule has 152 valence electrons. The van der Waals surface area contributed by atoms with Gasteiger partial charge in [0.05, 0.1) is 25.3 Å². The summed E-state index contributed by atoms with van der Waals surface area (Å²) >= 11 is 0. The number of methoxy groups -OCH3 is 2. The van der Waals surface area contributed by atoms with Crippen LogP contribution in [0.1, 0.15) is 26.3 Å². The first-order valence-corrected chi connectivity index (χ1v) is 9.31. The molecule has 0 fully saturated rings. The Kier molecular flexibility index (Phi) is 5.20. The van der Waals surface area contributed by atoms with Gasteiger partial charge in [-0.25, -0.2) is 9.63 Å². The number of hydrogen-bond acceptors (Lipinski definition) is 6. The zero-order valence-electron chi connectivity index (χ0n) is 16.5. The Hall–Kier alpha value is -3.71. The topological polar surface area (TPSA) is 82.1 Å². The number of carbonyl (C=O) groups excluding carboxylic acids is 3. The summed E-state index contributed by atoms with van der Waals surface area (Å²) in [6.07, 6.45) is -1.03. The van der Waals surface area contributed by atoms with E-state index in [9.17, 15) is 14.4 Å². The second-order valence-electron chi connectivity index (χ2n) is 6.82. The van der Waals surface area contributed by atoms with Crippen LogP contribution in [0.5, 0.6) is 5.75 Å². The monoisotopic (exact) mass is 405 g/mol. The van der Waals surface area contributed by atoms with Crippen molar-refractivity contribution in [1.82, 2.24) is 5.06 Å². The van der Waals surface area contributed by atoms with Crippen molar-refractivity contribution in [3.05, 3.63) is 77.4 Å². The molecule has 0 radical (unpaired) electrons. The number of rotatable bonds is 6. The largest absolute Gasteiger partial charge is 0.497 e. The molecule has 2 amide bonds. The quantitative estimate of drug-likeness (QED) is 0.463. The number of nitrogens with zero attached hydrogens (tertiary/aromatic N) is 1. The average Bonchev–Trinajstić information content (AvgIpc) is 3.02. The fourth-order valence-corrected chi connectivity index (χ4v) is 3.43. The number of ether oxygens (including phenoxy) is 2. The summed E-state index contributed by atoms with van der Waals surface area (Å²) in [7, 11) is 2.83. The van der Waals surface area contributed by atoms with Crippen molar-refractivity contribution >= 4 is 28.6 Å². The molecule has 1 aliphatic heterocycles. The van der Waals surface area contributed by atoms with Crippen molar-refractivity contribution in [2.75, 3.05) is 14.2 Å². The Labute approximate surface area is 172 Å². The maximum atomic E-state index is 12.6. The van der Waals surface area contributed by atoms with Gasteiger partial charge in [0.1, 0.15) is 5.75 Å². The average molecular weight is 405 g/mol. The van der Waals surface area contributed by atoms with Crippen LogP contribution in [0.4, 0.5) is 0 Å². The lowest BCUT2D eigenvalue weighted by atomic mass is 10.0. The number of hydroxylamine groups is 2.